The molecule has 2 aromatic rings. The molecule has 0 spiro atoms. The van der Waals surface area contributed by atoms with Crippen molar-refractivity contribution >= 4 is 34.9 Å². The molecular formula is C31H35ClF3N5O4. The van der Waals surface area contributed by atoms with Gasteiger partial charge in [0, 0.05) is 63.6 Å². The van der Waals surface area contributed by atoms with Gasteiger partial charge in [0.1, 0.15) is 0 Å². The number of nitrogens with one attached hydrogen (secondary N) is 1. The zero-order valence-electron chi connectivity index (χ0n) is 24.6. The van der Waals surface area contributed by atoms with Crippen molar-refractivity contribution in [3.8, 4) is 0 Å². The number of piperazine rings is 1. The number of carbonyl (C=O) groups is 2. The van der Waals surface area contributed by atoms with Crippen molar-refractivity contribution in [1.29, 1.82) is 0 Å². The van der Waals surface area contributed by atoms with Crippen LogP contribution in [0, 0.1) is 27.4 Å². The number of nitro groups is 1. The molecule has 44 heavy (non-hydrogen) atoms. The number of urea groups is 1. The average Bonchev–Trinajstić information content (AvgIpc) is 2.98. The standard InChI is InChI=1S/C31H35ClF3N5O4/c1-30(2)22-4-3-20(26(30)17-22)19-39(29(42)36-23-7-5-21(6-8-23)31(33,34)35)16-13-37-11-14-38(15-12-37)28(41)25-10-9-24(40(43)44)18-27(25)32/h3,5-10,18,22,26H,4,11-17,19H2,1-2H3,(H,36,42). The number of allylic oxidation sites excluding steroid dienone is 1. The maximum absolute atomic E-state index is 13.5. The second-order valence-corrected chi connectivity index (χ2v) is 12.7. The van der Waals surface area contributed by atoms with Gasteiger partial charge in [0.05, 0.1) is 21.1 Å². The number of amides is 3. The summed E-state index contributed by atoms with van der Waals surface area (Å²) in [6.07, 6.45) is -0.154. The van der Waals surface area contributed by atoms with Crippen LogP contribution < -0.4 is 5.32 Å². The lowest BCUT2D eigenvalue weighted by molar-refractivity contribution is -0.384. The summed E-state index contributed by atoms with van der Waals surface area (Å²) in [6, 6.07) is 7.82. The van der Waals surface area contributed by atoms with Crippen molar-refractivity contribution in [1.82, 2.24) is 14.7 Å². The van der Waals surface area contributed by atoms with Gasteiger partial charge in [-0.1, -0.05) is 37.1 Å². The van der Waals surface area contributed by atoms with Crippen LogP contribution in [0.3, 0.4) is 0 Å². The lowest BCUT2D eigenvalue weighted by Gasteiger charge is -2.57. The van der Waals surface area contributed by atoms with Gasteiger partial charge in [0.2, 0.25) is 0 Å². The Hall–Kier alpha value is -3.64. The summed E-state index contributed by atoms with van der Waals surface area (Å²) in [7, 11) is 0. The number of hydrogen-bond donors (Lipinski definition) is 1. The van der Waals surface area contributed by atoms with Crippen LogP contribution in [0.1, 0.15) is 42.6 Å². The lowest BCUT2D eigenvalue weighted by atomic mass is 9.49. The van der Waals surface area contributed by atoms with Gasteiger partial charge in [-0.2, -0.15) is 13.2 Å². The fourth-order valence-electron chi connectivity index (χ4n) is 6.47. The summed E-state index contributed by atoms with van der Waals surface area (Å²) in [5.74, 6) is 0.738. The van der Waals surface area contributed by atoms with E-state index in [-0.39, 0.29) is 39.3 Å². The highest BCUT2D eigenvalue weighted by Gasteiger charge is 2.51. The molecule has 0 radical (unpaired) electrons. The Balaban J connectivity index is 1.21. The largest absolute Gasteiger partial charge is 0.416 e. The minimum Gasteiger partial charge on any atom is -0.336 e. The first-order valence-electron chi connectivity index (χ1n) is 14.6. The van der Waals surface area contributed by atoms with E-state index in [0.29, 0.717) is 57.6 Å². The van der Waals surface area contributed by atoms with Gasteiger partial charge in [-0.3, -0.25) is 19.8 Å². The SMILES string of the molecule is CC1(C)C2CC=C(CN(CCN3CCN(C(=O)c4ccc([N+](=O)[O-])cc4Cl)CC3)C(=O)Nc3ccc(C(F)(F)F)cc3)C1C2. The van der Waals surface area contributed by atoms with E-state index in [1.807, 2.05) is 0 Å². The van der Waals surface area contributed by atoms with Crippen LogP contribution >= 0.6 is 11.6 Å². The Labute approximate surface area is 258 Å². The van der Waals surface area contributed by atoms with Crippen LogP contribution in [-0.4, -0.2) is 77.4 Å². The number of fused-ring (bicyclic) bond motifs is 1. The van der Waals surface area contributed by atoms with E-state index in [1.54, 1.807) is 9.80 Å². The summed E-state index contributed by atoms with van der Waals surface area (Å²) in [5.41, 5.74) is 0.915. The van der Waals surface area contributed by atoms with E-state index < -0.39 is 16.7 Å². The third-order valence-electron chi connectivity index (χ3n) is 9.45. The summed E-state index contributed by atoms with van der Waals surface area (Å²) >= 11 is 6.17. The van der Waals surface area contributed by atoms with E-state index in [1.165, 1.54) is 35.9 Å². The molecule has 1 aliphatic heterocycles. The molecule has 2 atom stereocenters. The number of nitrogens with zero attached hydrogens (tertiary/aromatic N) is 4. The lowest BCUT2D eigenvalue weighted by Crippen LogP contribution is -2.52. The van der Waals surface area contributed by atoms with Crippen molar-refractivity contribution in [2.24, 2.45) is 17.3 Å². The Morgan fingerprint density at radius 3 is 2.36 bits per heavy atom. The highest BCUT2D eigenvalue weighted by Crippen LogP contribution is 2.59. The van der Waals surface area contributed by atoms with Gasteiger partial charge in [0.25, 0.3) is 11.6 Å². The van der Waals surface area contributed by atoms with Crippen LogP contribution in [0.2, 0.25) is 5.02 Å². The molecule has 1 saturated carbocycles. The van der Waals surface area contributed by atoms with Gasteiger partial charge in [-0.15, -0.1) is 0 Å². The highest BCUT2D eigenvalue weighted by atomic mass is 35.5. The van der Waals surface area contributed by atoms with Crippen LogP contribution in [0.25, 0.3) is 0 Å². The molecule has 2 bridgehead atoms. The Morgan fingerprint density at radius 2 is 1.80 bits per heavy atom. The van der Waals surface area contributed by atoms with E-state index in [9.17, 15) is 32.9 Å². The molecule has 2 aromatic carbocycles. The number of anilines is 1. The summed E-state index contributed by atoms with van der Waals surface area (Å²) < 4.78 is 39.0. The maximum Gasteiger partial charge on any atom is 0.416 e. The molecule has 6 rings (SSSR count). The zero-order chi connectivity index (χ0) is 31.8. The van der Waals surface area contributed by atoms with Crippen LogP contribution in [0.15, 0.2) is 54.1 Å². The molecule has 2 unspecified atom stereocenters. The molecule has 1 heterocycles. The molecule has 1 N–H and O–H groups in total. The molecule has 9 nitrogen and oxygen atoms in total. The molecule has 3 amide bonds. The minimum atomic E-state index is -4.46. The Kier molecular flexibility index (Phi) is 8.95. The molecule has 3 aliphatic carbocycles. The molecule has 13 heteroatoms. The smallest absolute Gasteiger partial charge is 0.336 e. The van der Waals surface area contributed by atoms with Crippen molar-refractivity contribution < 1.29 is 27.7 Å². The molecule has 2 fully saturated rings. The van der Waals surface area contributed by atoms with E-state index in [0.717, 1.165) is 25.0 Å². The second-order valence-electron chi connectivity index (χ2n) is 12.3. The monoisotopic (exact) mass is 633 g/mol. The predicted octanol–water partition coefficient (Wildman–Crippen LogP) is 6.55. The molecule has 236 valence electrons. The fraction of sp³-hybridized carbons (Fsp3) is 0.484. The van der Waals surface area contributed by atoms with Gasteiger partial charge in [0.15, 0.2) is 0 Å². The third kappa shape index (κ3) is 6.71. The van der Waals surface area contributed by atoms with Gasteiger partial charge >= 0.3 is 12.2 Å². The quantitative estimate of drug-likeness (QED) is 0.202. The normalized spacial score (nSPS) is 21.2. The van der Waals surface area contributed by atoms with Crippen molar-refractivity contribution in [2.75, 3.05) is 51.1 Å². The van der Waals surface area contributed by atoms with Gasteiger partial charge in [-0.25, -0.2) is 4.79 Å². The van der Waals surface area contributed by atoms with Crippen molar-refractivity contribution in [2.45, 2.75) is 32.9 Å². The summed E-state index contributed by atoms with van der Waals surface area (Å²) in [5, 5.41) is 13.8. The van der Waals surface area contributed by atoms with E-state index in [4.69, 9.17) is 11.6 Å². The number of nitro benzene ring substituents is 1. The van der Waals surface area contributed by atoms with Crippen LogP contribution in [0.4, 0.5) is 29.3 Å². The van der Waals surface area contributed by atoms with Gasteiger partial charge in [-0.05, 0) is 60.4 Å². The molecule has 1 saturated heterocycles. The second kappa shape index (κ2) is 12.4. The van der Waals surface area contributed by atoms with Gasteiger partial charge < -0.3 is 15.1 Å². The fourth-order valence-corrected chi connectivity index (χ4v) is 6.73. The topological polar surface area (TPSA) is 99.0 Å². The average molecular weight is 634 g/mol. The molecule has 0 aromatic heterocycles. The predicted molar refractivity (Wildman–Crippen MR) is 161 cm³/mol. The maximum atomic E-state index is 13.5. The molecule has 4 aliphatic rings. The summed E-state index contributed by atoms with van der Waals surface area (Å²) in [6.45, 7) is 7.86. The van der Waals surface area contributed by atoms with E-state index >= 15 is 0 Å². The minimum absolute atomic E-state index is 0.0271. The first-order valence-corrected chi connectivity index (χ1v) is 15.0. The zero-order valence-corrected chi connectivity index (χ0v) is 25.3. The highest BCUT2D eigenvalue weighted by molar-refractivity contribution is 6.34. The van der Waals surface area contributed by atoms with Crippen molar-refractivity contribution in [3.05, 3.63) is 80.4 Å². The number of hydrogen-bond acceptors (Lipinski definition) is 5. The first kappa shape index (κ1) is 31.8. The number of carbonyl (C=O) groups excluding carboxylic acids is 2. The number of benzene rings is 2. The van der Waals surface area contributed by atoms with Crippen LogP contribution in [0.5, 0.6) is 0 Å². The summed E-state index contributed by atoms with van der Waals surface area (Å²) in [4.78, 5) is 42.4. The Morgan fingerprint density at radius 1 is 1.11 bits per heavy atom. The van der Waals surface area contributed by atoms with Crippen LogP contribution in [-0.2, 0) is 6.18 Å². The van der Waals surface area contributed by atoms with E-state index in [2.05, 4.69) is 30.1 Å². The Bertz CT molecular complexity index is 1460. The first-order chi connectivity index (χ1) is 20.7. The third-order valence-corrected chi connectivity index (χ3v) is 9.76. The molecular weight excluding hydrogens is 599 g/mol. The number of rotatable bonds is 8. The number of alkyl halides is 3. The number of non-ortho nitro benzene ring substituents is 1. The number of halogens is 4. The van der Waals surface area contributed by atoms with Crippen molar-refractivity contribution in [3.63, 3.8) is 0 Å².